The molecule has 0 aliphatic heterocycles. The van der Waals surface area contributed by atoms with Crippen molar-refractivity contribution < 1.29 is 0 Å². The minimum Gasteiger partial charge on any atom is -0.384 e. The van der Waals surface area contributed by atoms with Gasteiger partial charge in [0.1, 0.15) is 5.82 Å². The van der Waals surface area contributed by atoms with Crippen molar-refractivity contribution in [1.29, 1.82) is 0 Å². The van der Waals surface area contributed by atoms with Crippen molar-refractivity contribution in [2.45, 2.75) is 20.8 Å². The number of hydrogen-bond donors (Lipinski definition) is 1. The first kappa shape index (κ1) is 13.4. The fraction of sp³-hybridized carbons (Fsp3) is 0.167. The first-order valence-electron chi connectivity index (χ1n) is 7.05. The maximum atomic E-state index is 6.18. The van der Waals surface area contributed by atoms with E-state index in [1.165, 1.54) is 11.1 Å². The molecule has 3 aromatic rings. The molecule has 0 fully saturated rings. The number of benzene rings is 2. The highest BCUT2D eigenvalue weighted by Gasteiger charge is 2.12. The van der Waals surface area contributed by atoms with E-state index in [2.05, 4.69) is 51.1 Å². The molecule has 0 radical (unpaired) electrons. The number of nitrogens with two attached hydrogens (primary N) is 1. The summed E-state index contributed by atoms with van der Waals surface area (Å²) < 4.78 is 1.82. The van der Waals surface area contributed by atoms with Gasteiger partial charge in [0.25, 0.3) is 0 Å². The second-order valence-electron chi connectivity index (χ2n) is 5.47. The van der Waals surface area contributed by atoms with Gasteiger partial charge in [-0.05, 0) is 43.5 Å². The molecular weight excluding hydrogens is 258 g/mol. The highest BCUT2D eigenvalue weighted by Crippen LogP contribution is 2.26. The van der Waals surface area contributed by atoms with E-state index in [1.807, 2.05) is 22.9 Å². The molecule has 0 bridgehead atoms. The van der Waals surface area contributed by atoms with Crippen molar-refractivity contribution in [3.8, 4) is 16.9 Å². The summed E-state index contributed by atoms with van der Waals surface area (Å²) in [4.78, 5) is 0. The first-order valence-corrected chi connectivity index (χ1v) is 7.05. The SMILES string of the molecule is Cc1ccc(C)c(-n2nc(-c3ccccc3C)cc2N)c1. The van der Waals surface area contributed by atoms with Gasteiger partial charge in [0.2, 0.25) is 0 Å². The third-order valence-electron chi connectivity index (χ3n) is 3.75. The molecule has 106 valence electrons. The molecule has 0 saturated carbocycles. The van der Waals surface area contributed by atoms with Gasteiger partial charge >= 0.3 is 0 Å². The summed E-state index contributed by atoms with van der Waals surface area (Å²) in [6.45, 7) is 6.23. The molecule has 0 spiro atoms. The number of nitrogens with zero attached hydrogens (tertiary/aromatic N) is 2. The second kappa shape index (κ2) is 5.09. The van der Waals surface area contributed by atoms with E-state index in [1.54, 1.807) is 0 Å². The van der Waals surface area contributed by atoms with E-state index >= 15 is 0 Å². The molecule has 0 unspecified atom stereocenters. The zero-order valence-corrected chi connectivity index (χ0v) is 12.6. The Balaban J connectivity index is 2.15. The van der Waals surface area contributed by atoms with E-state index in [0.717, 1.165) is 22.5 Å². The Labute approximate surface area is 125 Å². The predicted octanol–water partition coefficient (Wildman–Crippen LogP) is 4.05. The van der Waals surface area contributed by atoms with Crippen LogP contribution in [0.3, 0.4) is 0 Å². The summed E-state index contributed by atoms with van der Waals surface area (Å²) in [5, 5.41) is 4.70. The Kier molecular flexibility index (Phi) is 3.26. The lowest BCUT2D eigenvalue weighted by atomic mass is 10.1. The van der Waals surface area contributed by atoms with Gasteiger partial charge in [0, 0.05) is 11.6 Å². The van der Waals surface area contributed by atoms with Gasteiger partial charge in [0.15, 0.2) is 0 Å². The molecule has 0 aliphatic rings. The molecule has 3 heteroatoms. The number of aromatic nitrogens is 2. The molecule has 1 aromatic heterocycles. The van der Waals surface area contributed by atoms with Crippen LogP contribution in [-0.4, -0.2) is 9.78 Å². The summed E-state index contributed by atoms with van der Waals surface area (Å²) in [5.41, 5.74) is 12.8. The molecule has 2 N–H and O–H groups in total. The maximum absolute atomic E-state index is 6.18. The minimum atomic E-state index is 0.655. The van der Waals surface area contributed by atoms with Crippen LogP contribution in [0.25, 0.3) is 16.9 Å². The third-order valence-corrected chi connectivity index (χ3v) is 3.75. The lowest BCUT2D eigenvalue weighted by Crippen LogP contribution is -2.04. The van der Waals surface area contributed by atoms with Crippen molar-refractivity contribution in [2.75, 3.05) is 5.73 Å². The number of aryl methyl sites for hydroxylation is 3. The van der Waals surface area contributed by atoms with Gasteiger partial charge in [-0.1, -0.05) is 36.4 Å². The van der Waals surface area contributed by atoms with Crippen LogP contribution in [0, 0.1) is 20.8 Å². The Morgan fingerprint density at radius 2 is 1.67 bits per heavy atom. The van der Waals surface area contributed by atoms with Gasteiger partial charge in [-0.25, -0.2) is 4.68 Å². The van der Waals surface area contributed by atoms with Crippen molar-refractivity contribution >= 4 is 5.82 Å². The van der Waals surface area contributed by atoms with Crippen LogP contribution in [0.1, 0.15) is 16.7 Å². The van der Waals surface area contributed by atoms with Crippen LogP contribution in [0.5, 0.6) is 0 Å². The van der Waals surface area contributed by atoms with E-state index in [0.29, 0.717) is 5.82 Å². The van der Waals surface area contributed by atoms with Crippen molar-refractivity contribution in [1.82, 2.24) is 9.78 Å². The van der Waals surface area contributed by atoms with E-state index < -0.39 is 0 Å². The number of anilines is 1. The molecule has 21 heavy (non-hydrogen) atoms. The molecule has 0 amide bonds. The Hall–Kier alpha value is -2.55. The quantitative estimate of drug-likeness (QED) is 0.768. The second-order valence-corrected chi connectivity index (χ2v) is 5.47. The lowest BCUT2D eigenvalue weighted by molar-refractivity contribution is 0.885. The van der Waals surface area contributed by atoms with E-state index in [4.69, 9.17) is 10.8 Å². The standard InChI is InChI=1S/C18H19N3/c1-12-8-9-14(3)17(10-12)21-18(19)11-16(20-21)15-7-5-4-6-13(15)2/h4-11H,19H2,1-3H3. The molecule has 1 heterocycles. The zero-order valence-electron chi connectivity index (χ0n) is 12.6. The fourth-order valence-electron chi connectivity index (χ4n) is 2.53. The average molecular weight is 277 g/mol. The molecular formula is C18H19N3. The predicted molar refractivity (Wildman–Crippen MR) is 87.6 cm³/mol. The van der Waals surface area contributed by atoms with Gasteiger partial charge in [0.05, 0.1) is 11.4 Å². The van der Waals surface area contributed by atoms with Crippen LogP contribution < -0.4 is 5.73 Å². The molecule has 0 atom stereocenters. The summed E-state index contributed by atoms with van der Waals surface area (Å²) in [6, 6.07) is 16.5. The molecule has 0 aliphatic carbocycles. The summed E-state index contributed by atoms with van der Waals surface area (Å²) >= 11 is 0. The topological polar surface area (TPSA) is 43.8 Å². The molecule has 2 aromatic carbocycles. The minimum absolute atomic E-state index is 0.655. The fourth-order valence-corrected chi connectivity index (χ4v) is 2.53. The number of nitrogen functional groups attached to an aromatic ring is 1. The van der Waals surface area contributed by atoms with Gasteiger partial charge in [-0.15, -0.1) is 0 Å². The number of rotatable bonds is 2. The van der Waals surface area contributed by atoms with Gasteiger partial charge in [-0.2, -0.15) is 5.10 Å². The van der Waals surface area contributed by atoms with Crippen LogP contribution in [0.15, 0.2) is 48.5 Å². The molecule has 0 saturated heterocycles. The monoisotopic (exact) mass is 277 g/mol. The lowest BCUT2D eigenvalue weighted by Gasteiger charge is -2.08. The highest BCUT2D eigenvalue weighted by atomic mass is 15.3. The normalized spacial score (nSPS) is 10.8. The Morgan fingerprint density at radius 1 is 0.905 bits per heavy atom. The molecule has 3 nitrogen and oxygen atoms in total. The number of hydrogen-bond acceptors (Lipinski definition) is 2. The van der Waals surface area contributed by atoms with Crippen molar-refractivity contribution in [2.24, 2.45) is 0 Å². The van der Waals surface area contributed by atoms with Crippen LogP contribution in [0.2, 0.25) is 0 Å². The van der Waals surface area contributed by atoms with Crippen LogP contribution in [0.4, 0.5) is 5.82 Å². The van der Waals surface area contributed by atoms with Crippen LogP contribution >= 0.6 is 0 Å². The third kappa shape index (κ3) is 2.42. The van der Waals surface area contributed by atoms with Gasteiger partial charge in [-0.3, -0.25) is 0 Å². The largest absolute Gasteiger partial charge is 0.384 e. The van der Waals surface area contributed by atoms with E-state index in [-0.39, 0.29) is 0 Å². The first-order chi connectivity index (χ1) is 10.1. The Bertz CT molecular complexity index is 800. The summed E-state index contributed by atoms with van der Waals surface area (Å²) in [6.07, 6.45) is 0. The van der Waals surface area contributed by atoms with Crippen molar-refractivity contribution in [3.05, 3.63) is 65.2 Å². The van der Waals surface area contributed by atoms with Crippen LogP contribution in [-0.2, 0) is 0 Å². The maximum Gasteiger partial charge on any atom is 0.127 e. The smallest absolute Gasteiger partial charge is 0.127 e. The molecule has 3 rings (SSSR count). The Morgan fingerprint density at radius 3 is 2.43 bits per heavy atom. The van der Waals surface area contributed by atoms with Crippen molar-refractivity contribution in [3.63, 3.8) is 0 Å². The zero-order chi connectivity index (χ0) is 15.0. The van der Waals surface area contributed by atoms with E-state index in [9.17, 15) is 0 Å². The van der Waals surface area contributed by atoms with Gasteiger partial charge < -0.3 is 5.73 Å². The summed E-state index contributed by atoms with van der Waals surface area (Å²) in [5.74, 6) is 0.655. The average Bonchev–Trinajstić information content (AvgIpc) is 2.84. The summed E-state index contributed by atoms with van der Waals surface area (Å²) in [7, 11) is 0. The highest BCUT2D eigenvalue weighted by molar-refractivity contribution is 5.67.